The predicted molar refractivity (Wildman–Crippen MR) is 64.0 cm³/mol. The van der Waals surface area contributed by atoms with Crippen molar-refractivity contribution in [3.05, 3.63) is 33.8 Å². The van der Waals surface area contributed by atoms with Crippen molar-refractivity contribution >= 4 is 50.2 Å². The molecule has 0 saturated heterocycles. The average Bonchev–Trinajstić information content (AvgIpc) is 2.15. The topological polar surface area (TPSA) is 34.1 Å². The molecule has 0 bridgehead atoms. The van der Waals surface area contributed by atoms with E-state index < -0.39 is 10.6 Å². The van der Waals surface area contributed by atoms with Gasteiger partial charge in [-0.2, -0.15) is 0 Å². The highest BCUT2D eigenvalue weighted by Crippen LogP contribution is 2.21. The Kier molecular flexibility index (Phi) is 4.32. The molecule has 1 rings (SSSR count). The van der Waals surface area contributed by atoms with Crippen molar-refractivity contribution in [1.82, 2.24) is 0 Å². The van der Waals surface area contributed by atoms with Crippen molar-refractivity contribution in [3.63, 3.8) is 0 Å². The molecular formula is C10H7BrCl2O2. The van der Waals surface area contributed by atoms with Crippen molar-refractivity contribution in [3.8, 4) is 0 Å². The molecule has 0 fully saturated rings. The van der Waals surface area contributed by atoms with Crippen LogP contribution < -0.4 is 0 Å². The molecule has 15 heavy (non-hydrogen) atoms. The Morgan fingerprint density at radius 2 is 2.00 bits per heavy atom. The first-order valence-electron chi connectivity index (χ1n) is 4.11. The fourth-order valence-electron chi connectivity index (χ4n) is 1.06. The molecule has 0 N–H and O–H groups in total. The normalized spacial score (nSPS) is 12.3. The smallest absolute Gasteiger partial charge is 0.253 e. The molecule has 0 amide bonds. The second-order valence-corrected chi connectivity index (χ2v) is 4.80. The molecule has 0 aliphatic carbocycles. The van der Waals surface area contributed by atoms with Crippen molar-refractivity contribution in [2.75, 3.05) is 0 Å². The van der Waals surface area contributed by atoms with E-state index in [9.17, 15) is 9.59 Å². The Hall–Kier alpha value is -0.380. The minimum absolute atomic E-state index is 0.189. The summed E-state index contributed by atoms with van der Waals surface area (Å²) in [5.41, 5.74) is 0.779. The van der Waals surface area contributed by atoms with Gasteiger partial charge >= 0.3 is 0 Å². The van der Waals surface area contributed by atoms with E-state index in [1.165, 1.54) is 18.2 Å². The minimum atomic E-state index is -0.588. The van der Waals surface area contributed by atoms with Gasteiger partial charge in [0.25, 0.3) is 5.24 Å². The molecule has 1 aromatic carbocycles. The summed E-state index contributed by atoms with van der Waals surface area (Å²) in [4.78, 5) is 22.4. The molecule has 1 atom stereocenters. The molecule has 0 saturated carbocycles. The molecule has 0 spiro atoms. The zero-order chi connectivity index (χ0) is 11.6. The number of Topliss-reactive ketones (excluding diaryl/α,β-unsaturated/α-hetero) is 1. The maximum absolute atomic E-state index is 11.5. The number of carbonyl (C=O) groups excluding carboxylic acids is 2. The van der Waals surface area contributed by atoms with Crippen LogP contribution in [0.25, 0.3) is 0 Å². The summed E-state index contributed by atoms with van der Waals surface area (Å²) in [7, 11) is 0. The molecule has 0 aliphatic rings. The van der Waals surface area contributed by atoms with Gasteiger partial charge in [-0.3, -0.25) is 9.59 Å². The quantitative estimate of drug-likeness (QED) is 0.485. The van der Waals surface area contributed by atoms with E-state index in [1.54, 1.807) is 6.92 Å². The van der Waals surface area contributed by atoms with Gasteiger partial charge in [0.15, 0.2) is 5.78 Å². The predicted octanol–water partition coefficient (Wildman–Crippen LogP) is 3.64. The highest BCUT2D eigenvalue weighted by Gasteiger charge is 2.15. The molecule has 5 heteroatoms. The molecule has 0 radical (unpaired) electrons. The Balaban J connectivity index is 3.12. The van der Waals surface area contributed by atoms with E-state index in [2.05, 4.69) is 15.9 Å². The van der Waals surface area contributed by atoms with Crippen LogP contribution in [0.4, 0.5) is 0 Å². The molecule has 80 valence electrons. The second-order valence-electron chi connectivity index (χ2n) is 2.95. The van der Waals surface area contributed by atoms with Crippen LogP contribution in [-0.2, 0) is 0 Å². The van der Waals surface area contributed by atoms with E-state index in [0.29, 0.717) is 15.6 Å². The van der Waals surface area contributed by atoms with Gasteiger partial charge in [-0.05, 0) is 46.6 Å². The Labute approximate surface area is 106 Å². The van der Waals surface area contributed by atoms with E-state index in [-0.39, 0.29) is 5.78 Å². The van der Waals surface area contributed by atoms with Crippen LogP contribution in [0.2, 0.25) is 0 Å². The monoisotopic (exact) mass is 308 g/mol. The number of ketones is 1. The van der Waals surface area contributed by atoms with Gasteiger partial charge in [0, 0.05) is 15.6 Å². The maximum Gasteiger partial charge on any atom is 0.253 e. The fourth-order valence-corrected chi connectivity index (χ4v) is 2.02. The maximum atomic E-state index is 11.5. The van der Waals surface area contributed by atoms with Crippen molar-refractivity contribution in [2.24, 2.45) is 0 Å². The highest BCUT2D eigenvalue weighted by atomic mass is 79.9. The van der Waals surface area contributed by atoms with Crippen LogP contribution >= 0.6 is 39.1 Å². The van der Waals surface area contributed by atoms with Crippen LogP contribution in [0, 0.1) is 0 Å². The second kappa shape index (κ2) is 5.10. The number of halogens is 3. The highest BCUT2D eigenvalue weighted by molar-refractivity contribution is 9.10. The van der Waals surface area contributed by atoms with Gasteiger partial charge in [-0.25, -0.2) is 0 Å². The summed E-state index contributed by atoms with van der Waals surface area (Å²) < 4.78 is 0.491. The van der Waals surface area contributed by atoms with Gasteiger partial charge < -0.3 is 0 Å². The number of carbonyl (C=O) groups is 2. The third-order valence-corrected chi connectivity index (χ3v) is 2.88. The first-order chi connectivity index (χ1) is 6.93. The van der Waals surface area contributed by atoms with Crippen LogP contribution in [0.1, 0.15) is 27.6 Å². The fraction of sp³-hybridized carbons (Fsp3) is 0.200. The molecule has 1 unspecified atom stereocenters. The Bertz CT molecular complexity index is 416. The lowest BCUT2D eigenvalue weighted by atomic mass is 10.1. The van der Waals surface area contributed by atoms with Gasteiger partial charge in [0.05, 0.1) is 5.38 Å². The number of hydrogen-bond donors (Lipinski definition) is 0. The third kappa shape index (κ3) is 3.03. The van der Waals surface area contributed by atoms with Gasteiger partial charge in [-0.1, -0.05) is 6.07 Å². The molecule has 0 heterocycles. The summed E-state index contributed by atoms with van der Waals surface area (Å²) >= 11 is 14.1. The first kappa shape index (κ1) is 12.7. The standard InChI is InChI=1S/C10H7BrCl2O2/c1-5(12)9(14)6-2-3-7(10(13)15)8(11)4-6/h2-5H,1H3. The van der Waals surface area contributed by atoms with E-state index in [1.807, 2.05) is 0 Å². The summed E-state index contributed by atoms with van der Waals surface area (Å²) in [6.07, 6.45) is 0. The summed E-state index contributed by atoms with van der Waals surface area (Å²) in [5.74, 6) is -0.189. The Morgan fingerprint density at radius 3 is 2.40 bits per heavy atom. The van der Waals surface area contributed by atoms with Crippen LogP contribution in [0.15, 0.2) is 22.7 Å². The Morgan fingerprint density at radius 1 is 1.40 bits per heavy atom. The molecule has 1 aromatic rings. The van der Waals surface area contributed by atoms with E-state index in [4.69, 9.17) is 23.2 Å². The summed E-state index contributed by atoms with van der Waals surface area (Å²) in [6.45, 7) is 1.60. The van der Waals surface area contributed by atoms with Gasteiger partial charge in [0.2, 0.25) is 0 Å². The minimum Gasteiger partial charge on any atom is -0.293 e. The zero-order valence-corrected chi connectivity index (χ0v) is 10.9. The zero-order valence-electron chi connectivity index (χ0n) is 7.76. The van der Waals surface area contributed by atoms with Crippen LogP contribution in [0.5, 0.6) is 0 Å². The third-order valence-electron chi connectivity index (χ3n) is 1.83. The lowest BCUT2D eigenvalue weighted by Crippen LogP contribution is -2.10. The largest absolute Gasteiger partial charge is 0.293 e. The van der Waals surface area contributed by atoms with Crippen LogP contribution in [-0.4, -0.2) is 16.4 Å². The first-order valence-corrected chi connectivity index (χ1v) is 5.72. The van der Waals surface area contributed by atoms with E-state index >= 15 is 0 Å². The summed E-state index contributed by atoms with van der Waals surface area (Å²) in [5, 5.41) is -1.16. The molecular weight excluding hydrogens is 303 g/mol. The van der Waals surface area contributed by atoms with Crippen molar-refractivity contribution in [2.45, 2.75) is 12.3 Å². The average molecular weight is 310 g/mol. The number of alkyl halides is 1. The molecule has 0 aromatic heterocycles. The summed E-state index contributed by atoms with van der Waals surface area (Å²) in [6, 6.07) is 4.56. The number of rotatable bonds is 3. The number of benzene rings is 1. The van der Waals surface area contributed by atoms with E-state index in [0.717, 1.165) is 0 Å². The van der Waals surface area contributed by atoms with Gasteiger partial charge in [-0.15, -0.1) is 11.6 Å². The lowest BCUT2D eigenvalue weighted by molar-refractivity contribution is 0.0990. The van der Waals surface area contributed by atoms with Crippen molar-refractivity contribution < 1.29 is 9.59 Å². The molecule has 0 aliphatic heterocycles. The van der Waals surface area contributed by atoms with Crippen LogP contribution in [0.3, 0.4) is 0 Å². The molecule has 2 nitrogen and oxygen atoms in total. The SMILES string of the molecule is CC(Cl)C(=O)c1ccc(C(=O)Cl)c(Br)c1. The lowest BCUT2D eigenvalue weighted by Gasteiger charge is -2.04. The van der Waals surface area contributed by atoms with Crippen molar-refractivity contribution in [1.29, 1.82) is 0 Å². The number of hydrogen-bond acceptors (Lipinski definition) is 2. The van der Waals surface area contributed by atoms with Gasteiger partial charge in [0.1, 0.15) is 0 Å².